The van der Waals surface area contributed by atoms with Crippen molar-refractivity contribution >= 4 is 17.6 Å². The lowest BCUT2D eigenvalue weighted by atomic mass is 10.2. The molecule has 1 amide bonds. The number of carbonyl (C=O) groups is 2. The van der Waals surface area contributed by atoms with Gasteiger partial charge in [0, 0.05) is 12.1 Å². The van der Waals surface area contributed by atoms with Crippen LogP contribution in [0.3, 0.4) is 0 Å². The zero-order valence-corrected chi connectivity index (χ0v) is 12.0. The predicted octanol–water partition coefficient (Wildman–Crippen LogP) is 2.88. The summed E-state index contributed by atoms with van der Waals surface area (Å²) in [6.07, 6.45) is 0.684. The Morgan fingerprint density at radius 2 is 1.90 bits per heavy atom. The van der Waals surface area contributed by atoms with E-state index in [1.807, 2.05) is 13.8 Å². The summed E-state index contributed by atoms with van der Waals surface area (Å²) < 4.78 is 5.53. The number of aliphatic carboxylic acids is 1. The van der Waals surface area contributed by atoms with Crippen molar-refractivity contribution in [3.05, 3.63) is 53.5 Å². The second-order valence-corrected chi connectivity index (χ2v) is 4.69. The number of amides is 1. The first-order valence-electron chi connectivity index (χ1n) is 6.71. The Morgan fingerprint density at radius 3 is 2.43 bits per heavy atom. The molecule has 5 nitrogen and oxygen atoms in total. The van der Waals surface area contributed by atoms with Crippen LogP contribution in [-0.4, -0.2) is 23.5 Å². The molecule has 0 aliphatic heterocycles. The van der Waals surface area contributed by atoms with Crippen LogP contribution in [0.15, 0.2) is 40.8 Å². The van der Waals surface area contributed by atoms with Gasteiger partial charge >= 0.3 is 5.97 Å². The highest BCUT2D eigenvalue weighted by Crippen LogP contribution is 2.21. The molecule has 0 saturated carbocycles. The Hall–Kier alpha value is -2.56. The molecule has 0 fully saturated rings. The van der Waals surface area contributed by atoms with E-state index in [9.17, 15) is 9.59 Å². The second kappa shape index (κ2) is 6.26. The molecular formula is C16H17NO4. The number of rotatable bonds is 5. The predicted molar refractivity (Wildman–Crippen MR) is 78.6 cm³/mol. The minimum absolute atomic E-state index is 0.162. The summed E-state index contributed by atoms with van der Waals surface area (Å²) in [5.74, 6) is -0.631. The van der Waals surface area contributed by atoms with Crippen LogP contribution in [0.4, 0.5) is 5.69 Å². The molecule has 0 unspecified atom stereocenters. The highest BCUT2D eigenvalue weighted by molar-refractivity contribution is 6.06. The molecule has 0 radical (unpaired) electrons. The molecule has 1 N–H and O–H groups in total. The van der Waals surface area contributed by atoms with Gasteiger partial charge in [-0.2, -0.15) is 0 Å². The summed E-state index contributed by atoms with van der Waals surface area (Å²) in [5.41, 5.74) is 1.42. The van der Waals surface area contributed by atoms with E-state index in [-0.39, 0.29) is 5.76 Å². The fourth-order valence-electron chi connectivity index (χ4n) is 2.13. The van der Waals surface area contributed by atoms with Crippen molar-refractivity contribution in [3.63, 3.8) is 0 Å². The Labute approximate surface area is 122 Å². The molecule has 0 saturated heterocycles. The Kier molecular flexibility index (Phi) is 4.42. The molecule has 5 heteroatoms. The minimum Gasteiger partial charge on any atom is -0.480 e. The van der Waals surface area contributed by atoms with Gasteiger partial charge in [-0.3, -0.25) is 14.5 Å². The number of hydrogen-bond acceptors (Lipinski definition) is 3. The second-order valence-electron chi connectivity index (χ2n) is 4.69. The lowest BCUT2D eigenvalue weighted by molar-refractivity contribution is -0.135. The molecule has 0 atom stereocenters. The van der Waals surface area contributed by atoms with Crippen molar-refractivity contribution in [1.29, 1.82) is 0 Å². The van der Waals surface area contributed by atoms with Crippen LogP contribution in [0.2, 0.25) is 0 Å². The van der Waals surface area contributed by atoms with Crippen molar-refractivity contribution in [2.75, 3.05) is 11.4 Å². The van der Waals surface area contributed by atoms with Gasteiger partial charge in [0.2, 0.25) is 0 Å². The molecule has 2 aromatic rings. The summed E-state index contributed by atoms with van der Waals surface area (Å²) in [5, 5.41) is 9.02. The van der Waals surface area contributed by atoms with E-state index in [4.69, 9.17) is 9.52 Å². The first-order chi connectivity index (χ1) is 10.0. The van der Waals surface area contributed by atoms with Gasteiger partial charge in [-0.1, -0.05) is 25.1 Å². The maximum atomic E-state index is 12.5. The smallest absolute Gasteiger partial charge is 0.323 e. The minimum atomic E-state index is -1.08. The maximum Gasteiger partial charge on any atom is 0.323 e. The van der Waals surface area contributed by atoms with Crippen LogP contribution >= 0.6 is 0 Å². The van der Waals surface area contributed by atoms with Crippen molar-refractivity contribution < 1.29 is 19.1 Å². The van der Waals surface area contributed by atoms with E-state index in [0.29, 0.717) is 12.1 Å². The highest BCUT2D eigenvalue weighted by Gasteiger charge is 2.23. The zero-order chi connectivity index (χ0) is 15.4. The number of hydrogen-bond donors (Lipinski definition) is 1. The first kappa shape index (κ1) is 14.8. The largest absolute Gasteiger partial charge is 0.480 e. The molecule has 1 aromatic carbocycles. The lowest BCUT2D eigenvalue weighted by Gasteiger charge is -2.19. The van der Waals surface area contributed by atoms with Gasteiger partial charge in [0.1, 0.15) is 12.3 Å². The number of anilines is 1. The highest BCUT2D eigenvalue weighted by atomic mass is 16.4. The molecule has 0 aliphatic rings. The van der Waals surface area contributed by atoms with Crippen LogP contribution < -0.4 is 4.90 Å². The third-order valence-corrected chi connectivity index (χ3v) is 3.16. The average molecular weight is 287 g/mol. The van der Waals surface area contributed by atoms with Crippen LogP contribution in [0.1, 0.15) is 28.8 Å². The van der Waals surface area contributed by atoms with Gasteiger partial charge in [-0.25, -0.2) is 0 Å². The molecular weight excluding hydrogens is 270 g/mol. The van der Waals surface area contributed by atoms with Gasteiger partial charge in [-0.15, -0.1) is 0 Å². The molecule has 1 heterocycles. The third-order valence-electron chi connectivity index (χ3n) is 3.16. The molecule has 110 valence electrons. The normalized spacial score (nSPS) is 10.4. The van der Waals surface area contributed by atoms with Gasteiger partial charge in [0.15, 0.2) is 5.76 Å². The van der Waals surface area contributed by atoms with E-state index >= 15 is 0 Å². The molecule has 21 heavy (non-hydrogen) atoms. The fraction of sp³-hybridized carbons (Fsp3) is 0.250. The third kappa shape index (κ3) is 3.31. The van der Waals surface area contributed by atoms with E-state index in [1.165, 1.54) is 4.90 Å². The number of carboxylic acid groups (broad SMARTS) is 1. The average Bonchev–Trinajstić information content (AvgIpc) is 2.86. The lowest BCUT2D eigenvalue weighted by Crippen LogP contribution is -2.35. The van der Waals surface area contributed by atoms with Crippen LogP contribution in [-0.2, 0) is 11.2 Å². The number of para-hydroxylation sites is 1. The summed E-state index contributed by atoms with van der Waals surface area (Å²) in [7, 11) is 0. The fourth-order valence-corrected chi connectivity index (χ4v) is 2.13. The number of benzene rings is 1. The zero-order valence-electron chi connectivity index (χ0n) is 12.0. The van der Waals surface area contributed by atoms with Crippen LogP contribution in [0, 0.1) is 6.92 Å². The topological polar surface area (TPSA) is 70.8 Å². The summed E-state index contributed by atoms with van der Waals surface area (Å²) >= 11 is 0. The molecule has 0 spiro atoms. The number of nitrogens with zero attached hydrogens (tertiary/aromatic N) is 1. The summed E-state index contributed by atoms with van der Waals surface area (Å²) in [4.78, 5) is 24.7. The monoisotopic (exact) mass is 287 g/mol. The van der Waals surface area contributed by atoms with E-state index in [0.717, 1.165) is 11.3 Å². The Bertz CT molecular complexity index is 646. The van der Waals surface area contributed by atoms with Gasteiger partial charge in [0.05, 0.1) is 0 Å². The van der Waals surface area contributed by atoms with Crippen LogP contribution in [0.5, 0.6) is 0 Å². The van der Waals surface area contributed by atoms with E-state index in [2.05, 4.69) is 0 Å². The van der Waals surface area contributed by atoms with E-state index < -0.39 is 18.4 Å². The van der Waals surface area contributed by atoms with E-state index in [1.54, 1.807) is 36.4 Å². The van der Waals surface area contributed by atoms with Crippen LogP contribution in [0.25, 0.3) is 0 Å². The molecule has 0 aliphatic carbocycles. The quantitative estimate of drug-likeness (QED) is 0.918. The molecule has 2 rings (SSSR count). The van der Waals surface area contributed by atoms with Crippen molar-refractivity contribution in [3.8, 4) is 0 Å². The summed E-state index contributed by atoms with van der Waals surface area (Å²) in [6.45, 7) is 3.39. The van der Waals surface area contributed by atoms with Gasteiger partial charge in [-0.05, 0) is 30.7 Å². The van der Waals surface area contributed by atoms with Crippen molar-refractivity contribution in [2.45, 2.75) is 20.3 Å². The summed E-state index contributed by atoms with van der Waals surface area (Å²) in [6, 6.07) is 10.3. The number of carbonyl (C=O) groups excluding carboxylic acids is 1. The maximum absolute atomic E-state index is 12.5. The number of furan rings is 1. The number of carboxylic acids is 1. The first-order valence-corrected chi connectivity index (χ1v) is 6.71. The van der Waals surface area contributed by atoms with Crippen molar-refractivity contribution in [2.24, 2.45) is 0 Å². The molecule has 0 bridgehead atoms. The van der Waals surface area contributed by atoms with Gasteiger partial charge in [0.25, 0.3) is 5.91 Å². The number of aryl methyl sites for hydroxylation is 2. The standard InChI is InChI=1S/C16H17NO4/c1-3-13-11(2)9-14(21-13)16(20)17(10-15(18)19)12-7-5-4-6-8-12/h4-9H,3,10H2,1-2H3,(H,18,19). The SMILES string of the molecule is CCc1oc(C(=O)N(CC(=O)O)c2ccccc2)cc1C. The molecule has 1 aromatic heterocycles. The Balaban J connectivity index is 2.36. The van der Waals surface area contributed by atoms with Gasteiger partial charge < -0.3 is 9.52 Å². The van der Waals surface area contributed by atoms with Crippen molar-refractivity contribution in [1.82, 2.24) is 0 Å². The Morgan fingerprint density at radius 1 is 1.24 bits per heavy atom.